The van der Waals surface area contributed by atoms with E-state index < -0.39 is 10.2 Å². The number of amides is 1. The summed E-state index contributed by atoms with van der Waals surface area (Å²) in [7, 11) is -0.245. The van der Waals surface area contributed by atoms with Crippen molar-refractivity contribution in [3.63, 3.8) is 0 Å². The first-order valence-corrected chi connectivity index (χ1v) is 15.6. The Morgan fingerprint density at radius 2 is 1.70 bits per heavy atom. The monoisotopic (exact) mass is 532 g/mol. The molecule has 2 bridgehead atoms. The topological polar surface area (TPSA) is 73.4 Å². The minimum atomic E-state index is -3.49. The number of carbonyl (C=O) groups is 1. The van der Waals surface area contributed by atoms with Crippen molar-refractivity contribution in [3.05, 3.63) is 35.4 Å². The van der Waals surface area contributed by atoms with E-state index >= 15 is 0 Å². The summed E-state index contributed by atoms with van der Waals surface area (Å²) in [5, 5.41) is 0. The first-order valence-electron chi connectivity index (χ1n) is 14.2. The molecular weight excluding hydrogens is 488 g/mol. The Morgan fingerprint density at radius 1 is 1.03 bits per heavy atom. The largest absolute Gasteiger partial charge is 0.450 e. The highest BCUT2D eigenvalue weighted by Gasteiger charge is 2.47. The van der Waals surface area contributed by atoms with Gasteiger partial charge in [0, 0.05) is 50.7 Å². The van der Waals surface area contributed by atoms with E-state index in [0.29, 0.717) is 31.8 Å². The number of likely N-dealkylation sites (tertiary alicyclic amines) is 1. The molecule has 1 spiro atoms. The zero-order valence-electron chi connectivity index (χ0n) is 22.8. The van der Waals surface area contributed by atoms with Crippen molar-refractivity contribution in [2.45, 2.75) is 94.8 Å². The molecule has 0 aromatic heterocycles. The van der Waals surface area contributed by atoms with Crippen LogP contribution in [-0.4, -0.2) is 91.4 Å². The lowest BCUT2D eigenvalue weighted by atomic mass is 9.69. The van der Waals surface area contributed by atoms with E-state index in [0.717, 1.165) is 63.6 Å². The maximum Gasteiger partial charge on any atom is 0.410 e. The van der Waals surface area contributed by atoms with Gasteiger partial charge >= 0.3 is 6.09 Å². The predicted molar refractivity (Wildman–Crippen MR) is 144 cm³/mol. The van der Waals surface area contributed by atoms with E-state index in [1.54, 1.807) is 18.4 Å². The van der Waals surface area contributed by atoms with Crippen molar-refractivity contribution in [2.24, 2.45) is 0 Å². The molecular formula is C28H44N4O4S. The van der Waals surface area contributed by atoms with Crippen LogP contribution in [-0.2, 0) is 26.9 Å². The number of piperidine rings is 1. The first kappa shape index (κ1) is 26.9. The Kier molecular flexibility index (Phi) is 7.87. The quantitative estimate of drug-likeness (QED) is 0.587. The lowest BCUT2D eigenvalue weighted by Crippen LogP contribution is -2.56. The van der Waals surface area contributed by atoms with Crippen LogP contribution in [0, 0.1) is 0 Å². The molecule has 8 nitrogen and oxygen atoms in total. The molecule has 3 unspecified atom stereocenters. The highest BCUT2D eigenvalue weighted by molar-refractivity contribution is 7.86. The number of fused-ring (bicyclic) bond motifs is 4. The van der Waals surface area contributed by atoms with E-state index in [9.17, 15) is 13.2 Å². The Hall–Kier alpha value is -1.68. The van der Waals surface area contributed by atoms with Crippen LogP contribution in [0.2, 0.25) is 0 Å². The molecule has 0 aliphatic carbocycles. The molecule has 0 radical (unpaired) electrons. The van der Waals surface area contributed by atoms with Crippen molar-refractivity contribution < 1.29 is 17.9 Å². The molecule has 3 saturated heterocycles. The fourth-order valence-electron chi connectivity index (χ4n) is 7.48. The molecule has 3 atom stereocenters. The molecule has 1 amide bonds. The fraction of sp³-hybridized carbons (Fsp3) is 0.750. The second-order valence-electron chi connectivity index (χ2n) is 11.7. The van der Waals surface area contributed by atoms with Gasteiger partial charge in [-0.2, -0.15) is 17.0 Å². The molecule has 5 rings (SSSR count). The summed E-state index contributed by atoms with van der Waals surface area (Å²) < 4.78 is 34.8. The van der Waals surface area contributed by atoms with Crippen molar-refractivity contribution in [1.29, 1.82) is 0 Å². The van der Waals surface area contributed by atoms with Gasteiger partial charge in [-0.1, -0.05) is 37.1 Å². The molecule has 1 aromatic rings. The van der Waals surface area contributed by atoms with Gasteiger partial charge in [0.1, 0.15) is 0 Å². The standard InChI is InChI=1S/C28H44N4O4S/c1-4-36-27(33)32-23-10-6-7-11-25(32)19-24(14-13-23)30-17-15-28(16-18-30)21-31(37(34,35)29(2)3)20-22-9-5-8-12-26(22)28/h5,8-9,12,23-25H,4,6-7,10-11,13-21H2,1-3H3. The van der Waals surface area contributed by atoms with Gasteiger partial charge < -0.3 is 14.5 Å². The summed E-state index contributed by atoms with van der Waals surface area (Å²) in [5.41, 5.74) is 2.32. The molecule has 1 aromatic carbocycles. The van der Waals surface area contributed by atoms with Crippen LogP contribution in [0.25, 0.3) is 0 Å². The van der Waals surface area contributed by atoms with Crippen LogP contribution in [0.15, 0.2) is 24.3 Å². The molecule has 4 aliphatic heterocycles. The minimum absolute atomic E-state index is 0.126. The van der Waals surface area contributed by atoms with Crippen LogP contribution in [0.4, 0.5) is 4.79 Å². The third kappa shape index (κ3) is 5.16. The second kappa shape index (κ2) is 10.8. The van der Waals surface area contributed by atoms with Gasteiger partial charge in [-0.25, -0.2) is 4.79 Å². The van der Waals surface area contributed by atoms with E-state index in [1.807, 2.05) is 13.0 Å². The van der Waals surface area contributed by atoms with E-state index in [2.05, 4.69) is 28.0 Å². The van der Waals surface area contributed by atoms with Gasteiger partial charge in [0.25, 0.3) is 10.2 Å². The number of ether oxygens (including phenoxy) is 1. The summed E-state index contributed by atoms with van der Waals surface area (Å²) in [5.74, 6) is 0. The predicted octanol–water partition coefficient (Wildman–Crippen LogP) is 3.96. The Bertz CT molecular complexity index is 1070. The average Bonchev–Trinajstić information content (AvgIpc) is 3.20. The third-order valence-electron chi connectivity index (χ3n) is 9.44. The molecule has 37 heavy (non-hydrogen) atoms. The smallest absolute Gasteiger partial charge is 0.410 e. The van der Waals surface area contributed by atoms with Crippen LogP contribution < -0.4 is 0 Å². The fourth-order valence-corrected chi connectivity index (χ4v) is 8.65. The van der Waals surface area contributed by atoms with Gasteiger partial charge in [0.2, 0.25) is 0 Å². The molecule has 0 saturated carbocycles. The lowest BCUT2D eigenvalue weighted by Gasteiger charge is -2.50. The molecule has 4 heterocycles. The molecule has 206 valence electrons. The number of rotatable bonds is 4. The molecule has 4 aliphatic rings. The first-order chi connectivity index (χ1) is 17.7. The third-order valence-corrected chi connectivity index (χ3v) is 11.3. The van der Waals surface area contributed by atoms with Gasteiger partial charge in [-0.05, 0) is 76.1 Å². The van der Waals surface area contributed by atoms with Crippen LogP contribution in [0.1, 0.15) is 75.8 Å². The van der Waals surface area contributed by atoms with Crippen LogP contribution in [0.3, 0.4) is 0 Å². The maximum atomic E-state index is 13.1. The maximum absolute atomic E-state index is 13.1. The SMILES string of the molecule is CCOC(=O)N1C2CCCCC1CC(N1CCC3(CC1)CN(S(=O)(=O)N(C)C)Cc1ccccc13)CC2. The molecule has 3 fully saturated rings. The van der Waals surface area contributed by atoms with Crippen molar-refractivity contribution in [1.82, 2.24) is 18.4 Å². The Morgan fingerprint density at radius 3 is 2.41 bits per heavy atom. The van der Waals surface area contributed by atoms with Crippen molar-refractivity contribution >= 4 is 16.3 Å². The van der Waals surface area contributed by atoms with Gasteiger partial charge in [0.05, 0.1) is 6.61 Å². The van der Waals surface area contributed by atoms with Crippen molar-refractivity contribution in [2.75, 3.05) is 40.3 Å². The zero-order chi connectivity index (χ0) is 26.2. The zero-order valence-corrected chi connectivity index (χ0v) is 23.6. The summed E-state index contributed by atoms with van der Waals surface area (Å²) >= 11 is 0. The lowest BCUT2D eigenvalue weighted by molar-refractivity contribution is 0.0616. The van der Waals surface area contributed by atoms with Gasteiger partial charge in [0.15, 0.2) is 0 Å². The van der Waals surface area contributed by atoms with Crippen molar-refractivity contribution in [3.8, 4) is 0 Å². The summed E-state index contributed by atoms with van der Waals surface area (Å²) in [6, 6.07) is 9.45. The molecule has 0 N–H and O–H groups in total. The normalized spacial score (nSPS) is 29.0. The number of carbonyl (C=O) groups excluding carboxylic acids is 1. The highest BCUT2D eigenvalue weighted by Crippen LogP contribution is 2.44. The average molecular weight is 533 g/mol. The summed E-state index contributed by atoms with van der Waals surface area (Å²) in [6.45, 7) is 5.23. The Balaban J connectivity index is 1.34. The van der Waals surface area contributed by atoms with Gasteiger partial charge in [-0.3, -0.25) is 0 Å². The number of hydrogen-bond donors (Lipinski definition) is 0. The number of hydrogen-bond acceptors (Lipinski definition) is 5. The van der Waals surface area contributed by atoms with Gasteiger partial charge in [-0.15, -0.1) is 0 Å². The summed E-state index contributed by atoms with van der Waals surface area (Å²) in [6.07, 6.45) is 9.47. The summed E-state index contributed by atoms with van der Waals surface area (Å²) in [4.78, 5) is 17.7. The van der Waals surface area contributed by atoms with Crippen LogP contribution >= 0.6 is 0 Å². The Labute approximate surface area is 223 Å². The van der Waals surface area contributed by atoms with E-state index in [4.69, 9.17) is 4.74 Å². The number of benzene rings is 1. The molecule has 9 heteroatoms. The second-order valence-corrected chi connectivity index (χ2v) is 13.8. The van der Waals surface area contributed by atoms with E-state index in [1.165, 1.54) is 22.7 Å². The van der Waals surface area contributed by atoms with Crippen LogP contribution in [0.5, 0.6) is 0 Å². The number of nitrogens with zero attached hydrogens (tertiary/aromatic N) is 4. The highest BCUT2D eigenvalue weighted by atomic mass is 32.2. The minimum Gasteiger partial charge on any atom is -0.450 e. The van der Waals surface area contributed by atoms with E-state index in [-0.39, 0.29) is 17.6 Å².